The molecule has 0 spiro atoms. The Hall–Kier alpha value is 0.600. The first kappa shape index (κ1) is 11.7. The van der Waals surface area contributed by atoms with Crippen LogP contribution in [-0.4, -0.2) is 8.42 Å². The smallest absolute Gasteiger partial charge is 0.207 e. The van der Waals surface area contributed by atoms with E-state index < -0.39 is 19.8 Å². The van der Waals surface area contributed by atoms with Crippen LogP contribution >= 0.6 is 49.2 Å². The van der Waals surface area contributed by atoms with Gasteiger partial charge in [-0.2, -0.15) is 0 Å². The lowest BCUT2D eigenvalue weighted by atomic mass is 10.3. The van der Waals surface area contributed by atoms with E-state index in [2.05, 4.69) is 15.9 Å². The summed E-state index contributed by atoms with van der Waals surface area (Å²) in [4.78, 5) is -0.482. The standard InChI is InChI=1S/C6H2BrClFIO2S/c7-3-1-2-4(9)6(5(3)10)13(8,11)12/h1-2H. The van der Waals surface area contributed by atoms with E-state index in [1.807, 2.05) is 0 Å². The molecule has 1 aromatic carbocycles. The summed E-state index contributed by atoms with van der Waals surface area (Å²) in [5.41, 5.74) is 0. The lowest BCUT2D eigenvalue weighted by Gasteiger charge is -2.03. The third-order valence-electron chi connectivity index (χ3n) is 1.25. The van der Waals surface area contributed by atoms with E-state index in [1.54, 1.807) is 22.6 Å². The van der Waals surface area contributed by atoms with Crippen LogP contribution in [0.1, 0.15) is 0 Å². The molecule has 2 nitrogen and oxygen atoms in total. The fourth-order valence-corrected chi connectivity index (χ4v) is 3.97. The lowest BCUT2D eigenvalue weighted by molar-refractivity contribution is 0.573. The van der Waals surface area contributed by atoms with Crippen molar-refractivity contribution in [2.45, 2.75) is 4.90 Å². The summed E-state index contributed by atoms with van der Waals surface area (Å²) in [6.07, 6.45) is 0. The van der Waals surface area contributed by atoms with Gasteiger partial charge in [-0.15, -0.1) is 0 Å². The van der Waals surface area contributed by atoms with Crippen LogP contribution in [0.5, 0.6) is 0 Å². The van der Waals surface area contributed by atoms with Crippen molar-refractivity contribution in [2.75, 3.05) is 0 Å². The molecule has 0 aromatic heterocycles. The van der Waals surface area contributed by atoms with Gasteiger partial charge >= 0.3 is 0 Å². The molecular weight excluding hydrogens is 397 g/mol. The molecule has 0 bridgehead atoms. The van der Waals surface area contributed by atoms with Gasteiger partial charge in [0.2, 0.25) is 0 Å². The summed E-state index contributed by atoms with van der Waals surface area (Å²) >= 11 is 4.78. The van der Waals surface area contributed by atoms with Gasteiger partial charge in [0.15, 0.2) is 0 Å². The SMILES string of the molecule is O=S(=O)(Cl)c1c(F)ccc(Br)c1I. The van der Waals surface area contributed by atoms with Gasteiger partial charge in [0, 0.05) is 15.2 Å². The lowest BCUT2D eigenvalue weighted by Crippen LogP contribution is -1.99. The molecule has 0 N–H and O–H groups in total. The Balaban J connectivity index is 3.62. The first-order valence-corrected chi connectivity index (χ1v) is 7.10. The summed E-state index contributed by atoms with van der Waals surface area (Å²) in [7, 11) is 1.02. The average Bonchev–Trinajstić information content (AvgIpc) is 1.95. The molecule has 1 aromatic rings. The molecular formula is C6H2BrClFIO2S. The second-order valence-corrected chi connectivity index (χ2v) is 6.55. The van der Waals surface area contributed by atoms with E-state index in [4.69, 9.17) is 10.7 Å². The summed E-state index contributed by atoms with van der Waals surface area (Å²) in [6, 6.07) is 2.46. The van der Waals surface area contributed by atoms with Gasteiger partial charge in [0.05, 0.1) is 3.57 Å². The normalized spacial score (nSPS) is 11.7. The van der Waals surface area contributed by atoms with Gasteiger partial charge in [-0.1, -0.05) is 0 Å². The highest BCUT2D eigenvalue weighted by Crippen LogP contribution is 2.30. The maximum absolute atomic E-state index is 13.0. The fraction of sp³-hybridized carbons (Fsp3) is 0. The molecule has 0 aliphatic rings. The van der Waals surface area contributed by atoms with Crippen LogP contribution in [0.3, 0.4) is 0 Å². The molecule has 0 unspecified atom stereocenters. The zero-order chi connectivity index (χ0) is 10.2. The van der Waals surface area contributed by atoms with Crippen molar-refractivity contribution < 1.29 is 12.8 Å². The van der Waals surface area contributed by atoms with Gasteiger partial charge in [-0.25, -0.2) is 12.8 Å². The number of benzene rings is 1. The minimum atomic E-state index is -4.03. The van der Waals surface area contributed by atoms with Crippen molar-refractivity contribution in [3.8, 4) is 0 Å². The number of rotatable bonds is 1. The largest absolute Gasteiger partial charge is 0.265 e. The van der Waals surface area contributed by atoms with E-state index >= 15 is 0 Å². The Labute approximate surface area is 101 Å². The van der Waals surface area contributed by atoms with Crippen molar-refractivity contribution in [3.63, 3.8) is 0 Å². The Morgan fingerprint density at radius 1 is 1.46 bits per heavy atom. The molecule has 0 saturated carbocycles. The van der Waals surface area contributed by atoms with Crippen LogP contribution in [-0.2, 0) is 9.05 Å². The zero-order valence-corrected chi connectivity index (χ0v) is 11.2. The molecule has 0 aliphatic carbocycles. The van der Waals surface area contributed by atoms with Gasteiger partial charge in [0.1, 0.15) is 10.7 Å². The van der Waals surface area contributed by atoms with Crippen LogP contribution in [0.25, 0.3) is 0 Å². The van der Waals surface area contributed by atoms with Gasteiger partial charge in [0.25, 0.3) is 9.05 Å². The molecule has 1 rings (SSSR count). The predicted molar refractivity (Wildman–Crippen MR) is 59.9 cm³/mol. The highest BCUT2D eigenvalue weighted by Gasteiger charge is 2.21. The third-order valence-corrected chi connectivity index (χ3v) is 5.48. The van der Waals surface area contributed by atoms with E-state index in [0.717, 1.165) is 6.07 Å². The van der Waals surface area contributed by atoms with Crippen molar-refractivity contribution in [1.82, 2.24) is 0 Å². The van der Waals surface area contributed by atoms with Crippen LogP contribution in [0.4, 0.5) is 4.39 Å². The van der Waals surface area contributed by atoms with Crippen molar-refractivity contribution >= 4 is 58.3 Å². The van der Waals surface area contributed by atoms with Crippen LogP contribution in [0, 0.1) is 9.39 Å². The van der Waals surface area contributed by atoms with Crippen LogP contribution in [0.15, 0.2) is 21.5 Å². The summed E-state index contributed by atoms with van der Waals surface area (Å²) in [6.45, 7) is 0. The molecule has 0 atom stereocenters. The highest BCUT2D eigenvalue weighted by atomic mass is 127. The topological polar surface area (TPSA) is 34.1 Å². The average molecular weight is 399 g/mol. The Bertz CT molecular complexity index is 448. The van der Waals surface area contributed by atoms with Gasteiger partial charge < -0.3 is 0 Å². The molecule has 0 heterocycles. The third kappa shape index (κ3) is 2.54. The van der Waals surface area contributed by atoms with Crippen LogP contribution in [0.2, 0.25) is 0 Å². The predicted octanol–water partition coefficient (Wildman–Crippen LogP) is 3.12. The molecule has 0 saturated heterocycles. The second-order valence-electron chi connectivity index (χ2n) is 2.11. The second kappa shape index (κ2) is 4.00. The van der Waals surface area contributed by atoms with Gasteiger partial charge in [-0.05, 0) is 50.7 Å². The molecule has 0 aliphatic heterocycles. The monoisotopic (exact) mass is 398 g/mol. The van der Waals surface area contributed by atoms with Crippen LogP contribution < -0.4 is 0 Å². The summed E-state index contributed by atoms with van der Waals surface area (Å²) < 4.78 is 35.6. The zero-order valence-electron chi connectivity index (χ0n) is 5.89. The molecule has 13 heavy (non-hydrogen) atoms. The quantitative estimate of drug-likeness (QED) is 0.413. The highest BCUT2D eigenvalue weighted by molar-refractivity contribution is 14.1. The first-order chi connectivity index (χ1) is 5.84. The summed E-state index contributed by atoms with van der Waals surface area (Å²) in [5.74, 6) is -0.845. The Kier molecular flexibility index (Phi) is 3.59. The number of hydrogen-bond donors (Lipinski definition) is 0. The Morgan fingerprint density at radius 3 is 2.38 bits per heavy atom. The van der Waals surface area contributed by atoms with E-state index in [-0.39, 0.29) is 3.57 Å². The molecule has 0 radical (unpaired) electrons. The van der Waals surface area contributed by atoms with Crippen molar-refractivity contribution in [3.05, 3.63) is 26.0 Å². The molecule has 0 amide bonds. The number of hydrogen-bond acceptors (Lipinski definition) is 2. The maximum Gasteiger partial charge on any atom is 0.265 e. The van der Waals surface area contributed by atoms with Crippen molar-refractivity contribution in [1.29, 1.82) is 0 Å². The minimum absolute atomic E-state index is 0.243. The van der Waals surface area contributed by atoms with E-state index in [9.17, 15) is 12.8 Å². The van der Waals surface area contributed by atoms with Crippen molar-refractivity contribution in [2.24, 2.45) is 0 Å². The molecule has 72 valence electrons. The first-order valence-electron chi connectivity index (χ1n) is 2.92. The maximum atomic E-state index is 13.0. The van der Waals surface area contributed by atoms with E-state index in [1.165, 1.54) is 6.07 Å². The Morgan fingerprint density at radius 2 is 2.00 bits per heavy atom. The van der Waals surface area contributed by atoms with E-state index in [0.29, 0.717) is 4.47 Å². The molecule has 7 heteroatoms. The summed E-state index contributed by atoms with van der Waals surface area (Å²) in [5, 5.41) is 0. The number of halogens is 4. The molecule has 0 fully saturated rings. The van der Waals surface area contributed by atoms with Gasteiger partial charge in [-0.3, -0.25) is 0 Å². The fourth-order valence-electron chi connectivity index (χ4n) is 0.732. The minimum Gasteiger partial charge on any atom is -0.207 e.